The van der Waals surface area contributed by atoms with Gasteiger partial charge in [-0.15, -0.1) is 0 Å². The number of fused-ring (bicyclic) bond motifs is 1. The number of Topliss-reactive ketones (excluding diaryl/α,β-unsaturated/α-hetero) is 1. The number of pyridine rings is 1. The highest BCUT2D eigenvalue weighted by atomic mass is 35.5. The third-order valence-corrected chi connectivity index (χ3v) is 5.14. The Labute approximate surface area is 158 Å². The van der Waals surface area contributed by atoms with Crippen molar-refractivity contribution in [2.75, 3.05) is 0 Å². The molecule has 1 aromatic heterocycles. The zero-order chi connectivity index (χ0) is 18.3. The average Bonchev–Trinajstić information content (AvgIpc) is 2.61. The van der Waals surface area contributed by atoms with Gasteiger partial charge in [0, 0.05) is 22.6 Å². The van der Waals surface area contributed by atoms with Crippen molar-refractivity contribution in [1.82, 2.24) is 4.98 Å². The van der Waals surface area contributed by atoms with Crippen LogP contribution in [0.4, 0.5) is 0 Å². The van der Waals surface area contributed by atoms with Gasteiger partial charge >= 0.3 is 0 Å². The number of halogens is 1. The molecule has 0 amide bonds. The van der Waals surface area contributed by atoms with E-state index in [2.05, 4.69) is 26.0 Å². The van der Waals surface area contributed by atoms with E-state index in [-0.39, 0.29) is 11.2 Å². The lowest BCUT2D eigenvalue weighted by molar-refractivity contribution is 0.0911. The topological polar surface area (TPSA) is 30.0 Å². The van der Waals surface area contributed by atoms with Gasteiger partial charge in [0.1, 0.15) is 0 Å². The van der Waals surface area contributed by atoms with E-state index in [0.717, 1.165) is 40.1 Å². The SMILES string of the molecule is CC1(C)CC(=O)c2c(-c3ccc(Cl)cc3)cc(-c3ccccc3)nc2C1. The van der Waals surface area contributed by atoms with Crippen LogP contribution in [0, 0.1) is 5.41 Å². The predicted molar refractivity (Wildman–Crippen MR) is 107 cm³/mol. The molecule has 0 radical (unpaired) electrons. The van der Waals surface area contributed by atoms with Crippen LogP contribution in [-0.4, -0.2) is 10.8 Å². The van der Waals surface area contributed by atoms with Gasteiger partial charge in [0.05, 0.1) is 11.4 Å². The number of nitrogens with zero attached hydrogens (tertiary/aromatic N) is 1. The summed E-state index contributed by atoms with van der Waals surface area (Å²) in [6, 6.07) is 19.8. The second-order valence-electron chi connectivity index (χ2n) is 7.69. The molecule has 0 bridgehead atoms. The summed E-state index contributed by atoms with van der Waals surface area (Å²) in [5, 5.41) is 0.687. The molecule has 130 valence electrons. The number of hydrogen-bond donors (Lipinski definition) is 0. The maximum Gasteiger partial charge on any atom is 0.165 e. The zero-order valence-corrected chi connectivity index (χ0v) is 15.7. The van der Waals surface area contributed by atoms with Crippen LogP contribution in [0.25, 0.3) is 22.4 Å². The van der Waals surface area contributed by atoms with E-state index in [0.29, 0.717) is 11.4 Å². The van der Waals surface area contributed by atoms with Gasteiger partial charge in [-0.05, 0) is 41.2 Å². The highest BCUT2D eigenvalue weighted by molar-refractivity contribution is 6.30. The van der Waals surface area contributed by atoms with Gasteiger partial charge in [-0.3, -0.25) is 9.78 Å². The minimum Gasteiger partial charge on any atom is -0.294 e. The van der Waals surface area contributed by atoms with Gasteiger partial charge in [0.25, 0.3) is 0 Å². The molecule has 0 aliphatic heterocycles. The normalized spacial score (nSPS) is 15.6. The largest absolute Gasteiger partial charge is 0.294 e. The van der Waals surface area contributed by atoms with Crippen molar-refractivity contribution in [3.63, 3.8) is 0 Å². The second-order valence-corrected chi connectivity index (χ2v) is 8.13. The minimum absolute atomic E-state index is 0.0658. The third-order valence-electron chi connectivity index (χ3n) is 4.88. The van der Waals surface area contributed by atoms with Crippen molar-refractivity contribution in [2.24, 2.45) is 5.41 Å². The van der Waals surface area contributed by atoms with Crippen molar-refractivity contribution < 1.29 is 4.79 Å². The lowest BCUT2D eigenvalue weighted by Gasteiger charge is -2.31. The molecule has 1 aliphatic carbocycles. The Morgan fingerprint density at radius 1 is 0.923 bits per heavy atom. The fraction of sp³-hybridized carbons (Fsp3) is 0.217. The van der Waals surface area contributed by atoms with Crippen molar-refractivity contribution >= 4 is 17.4 Å². The molecule has 4 rings (SSSR count). The molecular weight excluding hydrogens is 342 g/mol. The Balaban J connectivity index is 1.97. The summed E-state index contributed by atoms with van der Waals surface area (Å²) in [6.07, 6.45) is 1.35. The zero-order valence-electron chi connectivity index (χ0n) is 14.9. The van der Waals surface area contributed by atoms with Crippen molar-refractivity contribution in [3.05, 3.63) is 76.9 Å². The van der Waals surface area contributed by atoms with E-state index in [1.54, 1.807) is 0 Å². The van der Waals surface area contributed by atoms with E-state index in [1.165, 1.54) is 0 Å². The van der Waals surface area contributed by atoms with Gasteiger partial charge in [-0.25, -0.2) is 0 Å². The van der Waals surface area contributed by atoms with Crippen LogP contribution in [0.3, 0.4) is 0 Å². The van der Waals surface area contributed by atoms with Gasteiger partial charge in [0.2, 0.25) is 0 Å². The van der Waals surface area contributed by atoms with Gasteiger partial charge in [-0.2, -0.15) is 0 Å². The summed E-state index contributed by atoms with van der Waals surface area (Å²) < 4.78 is 0. The molecule has 1 aliphatic rings. The van der Waals surface area contributed by atoms with Gasteiger partial charge < -0.3 is 0 Å². The molecule has 2 aromatic carbocycles. The first kappa shape index (κ1) is 17.0. The van der Waals surface area contributed by atoms with E-state index >= 15 is 0 Å². The summed E-state index contributed by atoms with van der Waals surface area (Å²) in [5.41, 5.74) is 5.51. The Kier molecular flexibility index (Phi) is 4.16. The van der Waals surface area contributed by atoms with Crippen LogP contribution in [-0.2, 0) is 6.42 Å². The van der Waals surface area contributed by atoms with E-state index in [1.807, 2.05) is 48.5 Å². The highest BCUT2D eigenvalue weighted by Gasteiger charge is 2.34. The van der Waals surface area contributed by atoms with E-state index < -0.39 is 0 Å². The first-order valence-electron chi connectivity index (χ1n) is 8.81. The summed E-state index contributed by atoms with van der Waals surface area (Å²) in [5.74, 6) is 0.174. The number of aromatic nitrogens is 1. The van der Waals surface area contributed by atoms with Gasteiger partial charge in [-0.1, -0.05) is 67.9 Å². The number of carbonyl (C=O) groups is 1. The fourth-order valence-electron chi connectivity index (χ4n) is 3.69. The quantitative estimate of drug-likeness (QED) is 0.542. The summed E-state index contributed by atoms with van der Waals surface area (Å²) in [7, 11) is 0. The number of rotatable bonds is 2. The molecule has 0 fully saturated rings. The molecule has 0 saturated carbocycles. The van der Waals surface area contributed by atoms with Crippen LogP contribution < -0.4 is 0 Å². The Bertz CT molecular complexity index is 975. The monoisotopic (exact) mass is 361 g/mol. The Hall–Kier alpha value is -2.45. The molecule has 3 heteroatoms. The molecule has 0 atom stereocenters. The molecule has 0 spiro atoms. The number of ketones is 1. The fourth-order valence-corrected chi connectivity index (χ4v) is 3.82. The first-order chi connectivity index (χ1) is 12.4. The second kappa shape index (κ2) is 6.37. The number of hydrogen-bond acceptors (Lipinski definition) is 2. The molecule has 0 saturated heterocycles. The van der Waals surface area contributed by atoms with Crippen molar-refractivity contribution in [2.45, 2.75) is 26.7 Å². The maximum atomic E-state index is 12.9. The summed E-state index contributed by atoms with van der Waals surface area (Å²) in [4.78, 5) is 17.8. The summed E-state index contributed by atoms with van der Waals surface area (Å²) in [6.45, 7) is 4.26. The predicted octanol–water partition coefficient (Wildman–Crippen LogP) is 6.22. The molecular formula is C23H20ClNO. The first-order valence-corrected chi connectivity index (χ1v) is 9.19. The Morgan fingerprint density at radius 3 is 2.31 bits per heavy atom. The van der Waals surface area contributed by atoms with E-state index in [4.69, 9.17) is 16.6 Å². The highest BCUT2D eigenvalue weighted by Crippen LogP contribution is 2.40. The number of benzene rings is 2. The molecule has 0 N–H and O–H groups in total. The van der Waals surface area contributed by atoms with Crippen LogP contribution in [0.1, 0.15) is 36.3 Å². The maximum absolute atomic E-state index is 12.9. The van der Waals surface area contributed by atoms with E-state index in [9.17, 15) is 4.79 Å². The summed E-state index contributed by atoms with van der Waals surface area (Å²) >= 11 is 6.06. The third kappa shape index (κ3) is 3.17. The molecule has 26 heavy (non-hydrogen) atoms. The van der Waals surface area contributed by atoms with Crippen LogP contribution in [0.2, 0.25) is 5.02 Å². The van der Waals surface area contributed by atoms with Crippen LogP contribution >= 0.6 is 11.6 Å². The van der Waals surface area contributed by atoms with Crippen LogP contribution in [0.15, 0.2) is 60.7 Å². The molecule has 1 heterocycles. The van der Waals surface area contributed by atoms with Crippen molar-refractivity contribution in [1.29, 1.82) is 0 Å². The molecule has 2 nitrogen and oxygen atoms in total. The molecule has 0 unspecified atom stereocenters. The lowest BCUT2D eigenvalue weighted by atomic mass is 9.74. The lowest BCUT2D eigenvalue weighted by Crippen LogP contribution is -2.28. The van der Waals surface area contributed by atoms with Gasteiger partial charge in [0.15, 0.2) is 5.78 Å². The smallest absolute Gasteiger partial charge is 0.165 e. The average molecular weight is 362 g/mol. The van der Waals surface area contributed by atoms with Crippen LogP contribution in [0.5, 0.6) is 0 Å². The Morgan fingerprint density at radius 2 is 1.62 bits per heavy atom. The standard InChI is InChI=1S/C23H20ClNO/c1-23(2)13-20-22(21(26)14-23)18(15-8-10-17(24)11-9-15)12-19(25-20)16-6-4-3-5-7-16/h3-12H,13-14H2,1-2H3. The van der Waals surface area contributed by atoms with Crippen molar-refractivity contribution in [3.8, 4) is 22.4 Å². The number of carbonyl (C=O) groups excluding carboxylic acids is 1. The minimum atomic E-state index is -0.0658. The molecule has 3 aromatic rings.